The molecule has 1 aromatic carbocycles. The maximum atomic E-state index is 13.2. The lowest BCUT2D eigenvalue weighted by Gasteiger charge is -2.04. The molecule has 0 aliphatic heterocycles. The van der Waals surface area contributed by atoms with Crippen LogP contribution < -0.4 is 0 Å². The number of nitrogens with zero attached hydrogens (tertiary/aromatic N) is 2. The van der Waals surface area contributed by atoms with Crippen LogP contribution in [0.5, 0.6) is 0 Å². The van der Waals surface area contributed by atoms with Gasteiger partial charge in [-0.05, 0) is 34.1 Å². The zero-order valence-electron chi connectivity index (χ0n) is 8.69. The fourth-order valence-corrected chi connectivity index (χ4v) is 2.17. The molecule has 0 atom stereocenters. The second-order valence-corrected chi connectivity index (χ2v) is 5.12. The summed E-state index contributed by atoms with van der Waals surface area (Å²) in [5, 5.41) is 8.94. The van der Waals surface area contributed by atoms with Crippen LogP contribution in [0.15, 0.2) is 33.3 Å². The van der Waals surface area contributed by atoms with Crippen molar-refractivity contribution >= 4 is 37.8 Å². The van der Waals surface area contributed by atoms with Gasteiger partial charge in [0.25, 0.3) is 0 Å². The van der Waals surface area contributed by atoms with E-state index in [0.717, 1.165) is 0 Å². The number of carboxylic acid groups (broad SMARTS) is 1. The molecule has 0 bridgehead atoms. The quantitative estimate of drug-likeness (QED) is 0.872. The number of halogens is 3. The van der Waals surface area contributed by atoms with Crippen LogP contribution in [0.4, 0.5) is 4.39 Å². The van der Waals surface area contributed by atoms with Crippen LogP contribution in [0.2, 0.25) is 0 Å². The summed E-state index contributed by atoms with van der Waals surface area (Å²) in [7, 11) is 0. The van der Waals surface area contributed by atoms with Crippen LogP contribution in [0, 0.1) is 5.82 Å². The van der Waals surface area contributed by atoms with Gasteiger partial charge in [-0.3, -0.25) is 0 Å². The zero-order valence-corrected chi connectivity index (χ0v) is 11.9. The summed E-state index contributed by atoms with van der Waals surface area (Å²) in [6.45, 7) is 0. The predicted molar refractivity (Wildman–Crippen MR) is 69.8 cm³/mol. The Morgan fingerprint density at radius 3 is 2.61 bits per heavy atom. The standard InChI is InChI=1S/C11H5Br2FN2O2/c12-6-1-5(2-7(14)3-6)10-15-4-8(13)9(16-10)11(17)18/h1-4H,(H,17,18). The van der Waals surface area contributed by atoms with E-state index in [1.165, 1.54) is 18.3 Å². The molecule has 0 spiro atoms. The minimum atomic E-state index is -1.18. The lowest BCUT2D eigenvalue weighted by atomic mass is 10.2. The van der Waals surface area contributed by atoms with Crippen molar-refractivity contribution in [1.82, 2.24) is 9.97 Å². The van der Waals surface area contributed by atoms with Gasteiger partial charge in [0.2, 0.25) is 0 Å². The Morgan fingerprint density at radius 2 is 2.00 bits per heavy atom. The highest BCUT2D eigenvalue weighted by atomic mass is 79.9. The average molecular weight is 376 g/mol. The number of aromatic nitrogens is 2. The van der Waals surface area contributed by atoms with Crippen LogP contribution >= 0.6 is 31.9 Å². The van der Waals surface area contributed by atoms with Crippen molar-refractivity contribution in [1.29, 1.82) is 0 Å². The normalized spacial score (nSPS) is 10.4. The van der Waals surface area contributed by atoms with Gasteiger partial charge >= 0.3 is 5.97 Å². The molecule has 0 aliphatic rings. The fourth-order valence-electron chi connectivity index (χ4n) is 1.34. The van der Waals surface area contributed by atoms with Crippen molar-refractivity contribution in [3.63, 3.8) is 0 Å². The van der Waals surface area contributed by atoms with E-state index in [2.05, 4.69) is 41.8 Å². The Hall–Kier alpha value is -1.34. The first-order valence-electron chi connectivity index (χ1n) is 4.69. The Kier molecular flexibility index (Phi) is 3.72. The maximum Gasteiger partial charge on any atom is 0.355 e. The number of aromatic carboxylic acids is 1. The molecule has 2 rings (SSSR count). The van der Waals surface area contributed by atoms with Gasteiger partial charge in [0.15, 0.2) is 11.5 Å². The molecular formula is C11H5Br2FN2O2. The number of hydrogen-bond donors (Lipinski definition) is 1. The van der Waals surface area contributed by atoms with Gasteiger partial charge in [0, 0.05) is 16.2 Å². The van der Waals surface area contributed by atoms with E-state index in [1.54, 1.807) is 6.07 Å². The number of benzene rings is 1. The molecular weight excluding hydrogens is 371 g/mol. The molecule has 18 heavy (non-hydrogen) atoms. The summed E-state index contributed by atoms with van der Waals surface area (Å²) in [4.78, 5) is 18.8. The zero-order chi connectivity index (χ0) is 13.3. The highest BCUT2D eigenvalue weighted by Crippen LogP contribution is 2.23. The molecule has 0 amide bonds. The first-order chi connectivity index (χ1) is 8.47. The number of carbonyl (C=O) groups is 1. The Bertz CT molecular complexity index is 614. The smallest absolute Gasteiger partial charge is 0.355 e. The lowest BCUT2D eigenvalue weighted by molar-refractivity contribution is 0.0689. The van der Waals surface area contributed by atoms with E-state index in [1.807, 2.05) is 0 Å². The van der Waals surface area contributed by atoms with Crippen LogP contribution in [0.25, 0.3) is 11.4 Å². The Balaban J connectivity index is 2.57. The minimum absolute atomic E-state index is 0.149. The van der Waals surface area contributed by atoms with Crippen molar-refractivity contribution in [2.75, 3.05) is 0 Å². The molecule has 1 aromatic heterocycles. The van der Waals surface area contributed by atoms with E-state index < -0.39 is 11.8 Å². The highest BCUT2D eigenvalue weighted by Gasteiger charge is 2.13. The molecule has 0 saturated carbocycles. The van der Waals surface area contributed by atoms with Gasteiger partial charge in [-0.2, -0.15) is 0 Å². The molecule has 2 aromatic rings. The van der Waals surface area contributed by atoms with Gasteiger partial charge in [-0.1, -0.05) is 15.9 Å². The molecule has 0 aliphatic carbocycles. The largest absolute Gasteiger partial charge is 0.476 e. The molecule has 0 fully saturated rings. The number of carboxylic acids is 1. The summed E-state index contributed by atoms with van der Waals surface area (Å²) in [5.41, 5.74) is 0.234. The first kappa shape index (κ1) is 13.1. The van der Waals surface area contributed by atoms with E-state index in [0.29, 0.717) is 10.0 Å². The molecule has 0 radical (unpaired) electrons. The summed E-state index contributed by atoms with van der Waals surface area (Å²) in [6.07, 6.45) is 1.32. The van der Waals surface area contributed by atoms with Gasteiger partial charge < -0.3 is 5.11 Å². The molecule has 92 valence electrons. The lowest BCUT2D eigenvalue weighted by Crippen LogP contribution is -2.04. The van der Waals surface area contributed by atoms with Gasteiger partial charge in [0.1, 0.15) is 5.82 Å². The monoisotopic (exact) mass is 374 g/mol. The van der Waals surface area contributed by atoms with Gasteiger partial charge in [0.05, 0.1) is 4.47 Å². The second kappa shape index (κ2) is 5.11. The van der Waals surface area contributed by atoms with E-state index in [9.17, 15) is 9.18 Å². The summed E-state index contributed by atoms with van der Waals surface area (Å²) in [5.74, 6) is -1.49. The summed E-state index contributed by atoms with van der Waals surface area (Å²) >= 11 is 6.19. The van der Waals surface area contributed by atoms with Crippen LogP contribution in [-0.2, 0) is 0 Å². The van der Waals surface area contributed by atoms with E-state index in [-0.39, 0.29) is 16.0 Å². The molecule has 0 unspecified atom stereocenters. The Morgan fingerprint density at radius 1 is 1.28 bits per heavy atom. The SMILES string of the molecule is O=C(O)c1nc(-c2cc(F)cc(Br)c2)ncc1Br. The summed E-state index contributed by atoms with van der Waals surface area (Å²) in [6, 6.07) is 4.14. The van der Waals surface area contributed by atoms with Crippen LogP contribution in [0.3, 0.4) is 0 Å². The summed E-state index contributed by atoms with van der Waals surface area (Å²) < 4.78 is 14.0. The number of hydrogen-bond acceptors (Lipinski definition) is 3. The molecule has 7 heteroatoms. The highest BCUT2D eigenvalue weighted by molar-refractivity contribution is 9.10. The van der Waals surface area contributed by atoms with Crippen molar-refractivity contribution in [2.24, 2.45) is 0 Å². The molecule has 0 saturated heterocycles. The second-order valence-electron chi connectivity index (χ2n) is 3.35. The van der Waals surface area contributed by atoms with Gasteiger partial charge in [-0.25, -0.2) is 19.2 Å². The molecule has 1 N–H and O–H groups in total. The third-order valence-electron chi connectivity index (χ3n) is 2.07. The van der Waals surface area contributed by atoms with Gasteiger partial charge in [-0.15, -0.1) is 0 Å². The maximum absolute atomic E-state index is 13.2. The van der Waals surface area contributed by atoms with Crippen molar-refractivity contribution in [2.45, 2.75) is 0 Å². The minimum Gasteiger partial charge on any atom is -0.476 e. The molecule has 4 nitrogen and oxygen atoms in total. The first-order valence-corrected chi connectivity index (χ1v) is 6.28. The topological polar surface area (TPSA) is 63.1 Å². The van der Waals surface area contributed by atoms with Crippen molar-refractivity contribution < 1.29 is 14.3 Å². The van der Waals surface area contributed by atoms with E-state index in [4.69, 9.17) is 5.11 Å². The van der Waals surface area contributed by atoms with Crippen LogP contribution in [0.1, 0.15) is 10.5 Å². The predicted octanol–water partition coefficient (Wildman–Crippen LogP) is 3.51. The van der Waals surface area contributed by atoms with Crippen molar-refractivity contribution in [3.05, 3.63) is 44.9 Å². The average Bonchev–Trinajstić information content (AvgIpc) is 2.27. The Labute approximate surface area is 118 Å². The van der Waals surface area contributed by atoms with Crippen LogP contribution in [-0.4, -0.2) is 21.0 Å². The van der Waals surface area contributed by atoms with E-state index >= 15 is 0 Å². The molecule has 1 heterocycles. The third-order valence-corrected chi connectivity index (χ3v) is 3.11. The third kappa shape index (κ3) is 2.73. The number of rotatable bonds is 2. The van der Waals surface area contributed by atoms with Crippen molar-refractivity contribution in [3.8, 4) is 11.4 Å². The fraction of sp³-hybridized carbons (Fsp3) is 0.